The number of carbonyl (C=O) groups is 1. The molecule has 3 aromatic rings. The molecule has 0 radical (unpaired) electrons. The third kappa shape index (κ3) is 5.78. The fraction of sp³-hybridized carbons (Fsp3) is 0.208. The molecule has 0 unspecified atom stereocenters. The third-order valence-electron chi connectivity index (χ3n) is 4.78. The van der Waals surface area contributed by atoms with Crippen LogP contribution in [0, 0.1) is 0 Å². The van der Waals surface area contributed by atoms with Crippen LogP contribution in [0.4, 0.5) is 0 Å². The number of aryl methyl sites for hydroxylation is 1. The lowest BCUT2D eigenvalue weighted by Gasteiger charge is -2.20. The van der Waals surface area contributed by atoms with Gasteiger partial charge in [-0.3, -0.25) is 4.79 Å². The van der Waals surface area contributed by atoms with Crippen molar-refractivity contribution in [3.8, 4) is 0 Å². The Labute approximate surface area is 178 Å². The zero-order valence-electron chi connectivity index (χ0n) is 16.9. The molecule has 0 heterocycles. The molecule has 0 saturated heterocycles. The molecule has 30 heavy (non-hydrogen) atoms. The summed E-state index contributed by atoms with van der Waals surface area (Å²) in [6.07, 6.45) is 0.846. The second kappa shape index (κ2) is 10.2. The molecule has 3 rings (SSSR count). The largest absolute Gasteiger partial charge is 0.345 e. The smallest absolute Gasteiger partial charge is 0.240 e. The SMILES string of the molecule is CCNS(=O)(=O)c1ccc(CCC(=O)NC(c2ccccc2)c2ccccc2)cc1. The summed E-state index contributed by atoms with van der Waals surface area (Å²) >= 11 is 0. The van der Waals surface area contributed by atoms with Crippen molar-refractivity contribution in [2.24, 2.45) is 0 Å². The fourth-order valence-electron chi connectivity index (χ4n) is 3.25. The highest BCUT2D eigenvalue weighted by molar-refractivity contribution is 7.89. The van der Waals surface area contributed by atoms with Gasteiger partial charge in [0.25, 0.3) is 0 Å². The summed E-state index contributed by atoms with van der Waals surface area (Å²) < 4.78 is 26.5. The van der Waals surface area contributed by atoms with Crippen LogP contribution in [0.15, 0.2) is 89.8 Å². The standard InChI is InChI=1S/C24H26N2O3S/c1-2-25-30(28,29)22-16-13-19(14-17-22)15-18-23(27)26-24(20-9-5-3-6-10-20)21-11-7-4-8-12-21/h3-14,16-17,24-25H,2,15,18H2,1H3,(H,26,27). The Morgan fingerprint density at radius 1 is 0.833 bits per heavy atom. The highest BCUT2D eigenvalue weighted by Gasteiger charge is 2.17. The third-order valence-corrected chi connectivity index (χ3v) is 6.34. The van der Waals surface area contributed by atoms with Gasteiger partial charge in [-0.25, -0.2) is 13.1 Å². The second-order valence-corrected chi connectivity index (χ2v) is 8.73. The maximum absolute atomic E-state index is 12.7. The van der Waals surface area contributed by atoms with Crippen LogP contribution in [0.3, 0.4) is 0 Å². The quantitative estimate of drug-likeness (QED) is 0.550. The molecule has 0 saturated carbocycles. The monoisotopic (exact) mass is 422 g/mol. The van der Waals surface area contributed by atoms with E-state index in [0.717, 1.165) is 16.7 Å². The van der Waals surface area contributed by atoms with Crippen molar-refractivity contribution in [2.45, 2.75) is 30.7 Å². The molecule has 0 atom stereocenters. The van der Waals surface area contributed by atoms with Gasteiger partial charge in [0, 0.05) is 13.0 Å². The van der Waals surface area contributed by atoms with Crippen molar-refractivity contribution in [1.82, 2.24) is 10.0 Å². The van der Waals surface area contributed by atoms with Gasteiger partial charge in [-0.15, -0.1) is 0 Å². The predicted molar refractivity (Wildman–Crippen MR) is 118 cm³/mol. The van der Waals surface area contributed by atoms with Gasteiger partial charge < -0.3 is 5.32 Å². The molecule has 6 heteroatoms. The summed E-state index contributed by atoms with van der Waals surface area (Å²) in [5.41, 5.74) is 2.96. The average Bonchev–Trinajstić information content (AvgIpc) is 2.77. The van der Waals surface area contributed by atoms with E-state index in [-0.39, 0.29) is 16.8 Å². The Hall–Kier alpha value is -2.96. The van der Waals surface area contributed by atoms with E-state index in [0.29, 0.717) is 19.4 Å². The Morgan fingerprint density at radius 3 is 1.87 bits per heavy atom. The van der Waals surface area contributed by atoms with Crippen LogP contribution in [0.1, 0.15) is 36.1 Å². The number of amides is 1. The molecular formula is C24H26N2O3S. The molecule has 0 aliphatic carbocycles. The van der Waals surface area contributed by atoms with Crippen LogP contribution < -0.4 is 10.0 Å². The lowest BCUT2D eigenvalue weighted by molar-refractivity contribution is -0.121. The summed E-state index contributed by atoms with van der Waals surface area (Å²) in [5.74, 6) is -0.0583. The van der Waals surface area contributed by atoms with Gasteiger partial charge in [0.2, 0.25) is 15.9 Å². The first-order valence-electron chi connectivity index (χ1n) is 9.97. The lowest BCUT2D eigenvalue weighted by Crippen LogP contribution is -2.29. The highest BCUT2D eigenvalue weighted by atomic mass is 32.2. The summed E-state index contributed by atoms with van der Waals surface area (Å²) in [6.45, 7) is 2.08. The maximum atomic E-state index is 12.7. The first-order valence-corrected chi connectivity index (χ1v) is 11.5. The number of hydrogen-bond acceptors (Lipinski definition) is 3. The summed E-state index contributed by atoms with van der Waals surface area (Å²) in [6, 6.07) is 26.2. The first kappa shape index (κ1) is 21.7. The van der Waals surface area contributed by atoms with E-state index in [1.54, 1.807) is 31.2 Å². The van der Waals surface area contributed by atoms with Gasteiger partial charge in [-0.1, -0.05) is 79.7 Å². The molecule has 0 fully saturated rings. The Kier molecular flexibility index (Phi) is 7.38. The highest BCUT2D eigenvalue weighted by Crippen LogP contribution is 2.22. The minimum Gasteiger partial charge on any atom is -0.345 e. The van der Waals surface area contributed by atoms with Crippen molar-refractivity contribution >= 4 is 15.9 Å². The number of sulfonamides is 1. The molecule has 1 amide bonds. The number of rotatable bonds is 9. The molecule has 2 N–H and O–H groups in total. The lowest BCUT2D eigenvalue weighted by atomic mass is 9.98. The van der Waals surface area contributed by atoms with Gasteiger partial charge in [0.1, 0.15) is 0 Å². The Bertz CT molecular complexity index is 1010. The molecular weight excluding hydrogens is 396 g/mol. The van der Waals surface area contributed by atoms with Crippen LogP contribution in [0.2, 0.25) is 0 Å². The number of hydrogen-bond donors (Lipinski definition) is 2. The van der Waals surface area contributed by atoms with Gasteiger partial charge in [-0.2, -0.15) is 0 Å². The Morgan fingerprint density at radius 2 is 1.37 bits per heavy atom. The minimum absolute atomic E-state index is 0.0583. The topological polar surface area (TPSA) is 75.3 Å². The predicted octanol–water partition coefficient (Wildman–Crippen LogP) is 3.82. The maximum Gasteiger partial charge on any atom is 0.240 e. The number of benzene rings is 3. The molecule has 0 aliphatic rings. The normalized spacial score (nSPS) is 11.4. The molecule has 156 valence electrons. The van der Waals surface area contributed by atoms with Crippen molar-refractivity contribution < 1.29 is 13.2 Å². The van der Waals surface area contributed by atoms with Crippen molar-refractivity contribution in [2.75, 3.05) is 6.54 Å². The number of nitrogens with one attached hydrogen (secondary N) is 2. The molecule has 0 spiro atoms. The van der Waals surface area contributed by atoms with E-state index >= 15 is 0 Å². The van der Waals surface area contributed by atoms with Gasteiger partial charge >= 0.3 is 0 Å². The second-order valence-electron chi connectivity index (χ2n) is 6.97. The van der Waals surface area contributed by atoms with Crippen LogP contribution >= 0.6 is 0 Å². The summed E-state index contributed by atoms with van der Waals surface area (Å²) in [4.78, 5) is 12.9. The van der Waals surface area contributed by atoms with E-state index in [9.17, 15) is 13.2 Å². The van der Waals surface area contributed by atoms with Gasteiger partial charge in [-0.05, 0) is 35.2 Å². The van der Waals surface area contributed by atoms with Crippen LogP contribution in [-0.4, -0.2) is 20.9 Å². The van der Waals surface area contributed by atoms with Crippen molar-refractivity contribution in [1.29, 1.82) is 0 Å². The fourth-order valence-corrected chi connectivity index (χ4v) is 4.29. The van der Waals surface area contributed by atoms with Crippen LogP contribution in [0.5, 0.6) is 0 Å². The van der Waals surface area contributed by atoms with Crippen LogP contribution in [-0.2, 0) is 21.2 Å². The molecule has 5 nitrogen and oxygen atoms in total. The number of carbonyl (C=O) groups excluding carboxylic acids is 1. The van der Waals surface area contributed by atoms with Gasteiger partial charge in [0.15, 0.2) is 0 Å². The summed E-state index contributed by atoms with van der Waals surface area (Å²) in [5, 5.41) is 3.13. The molecule has 0 aromatic heterocycles. The zero-order chi connectivity index (χ0) is 21.4. The molecule has 3 aromatic carbocycles. The average molecular weight is 423 g/mol. The van der Waals surface area contributed by atoms with Gasteiger partial charge in [0.05, 0.1) is 10.9 Å². The molecule has 0 aliphatic heterocycles. The van der Waals surface area contributed by atoms with E-state index in [2.05, 4.69) is 10.0 Å². The van der Waals surface area contributed by atoms with E-state index in [4.69, 9.17) is 0 Å². The summed E-state index contributed by atoms with van der Waals surface area (Å²) in [7, 11) is -3.46. The first-order chi connectivity index (χ1) is 14.5. The van der Waals surface area contributed by atoms with Crippen molar-refractivity contribution in [3.05, 3.63) is 102 Å². The van der Waals surface area contributed by atoms with Crippen LogP contribution in [0.25, 0.3) is 0 Å². The molecule has 0 bridgehead atoms. The van der Waals surface area contributed by atoms with E-state index in [1.807, 2.05) is 60.7 Å². The van der Waals surface area contributed by atoms with E-state index < -0.39 is 10.0 Å². The Balaban J connectivity index is 1.65. The zero-order valence-corrected chi connectivity index (χ0v) is 17.7. The van der Waals surface area contributed by atoms with E-state index in [1.165, 1.54) is 0 Å². The van der Waals surface area contributed by atoms with Crippen molar-refractivity contribution in [3.63, 3.8) is 0 Å². The minimum atomic E-state index is -3.46.